The number of aromatic nitrogens is 1. The highest BCUT2D eigenvalue weighted by Gasteiger charge is 2.21. The lowest BCUT2D eigenvalue weighted by Gasteiger charge is -2.33. The monoisotopic (exact) mass is 236 g/mol. The molecule has 1 aliphatic rings. The first-order chi connectivity index (χ1) is 8.15. The van der Waals surface area contributed by atoms with Gasteiger partial charge in [-0.3, -0.25) is 9.88 Å². The fraction of sp³-hybridized carbons (Fsp3) is 0.643. The van der Waals surface area contributed by atoms with Crippen molar-refractivity contribution < 1.29 is 4.39 Å². The molecule has 3 heteroatoms. The Kier molecular flexibility index (Phi) is 4.11. The van der Waals surface area contributed by atoms with Crippen molar-refractivity contribution in [1.82, 2.24) is 9.88 Å². The number of piperidine rings is 1. The Hall–Kier alpha value is -0.960. The molecule has 0 amide bonds. The van der Waals surface area contributed by atoms with E-state index in [1.54, 1.807) is 12.3 Å². The molecule has 0 saturated carbocycles. The van der Waals surface area contributed by atoms with Gasteiger partial charge in [-0.05, 0) is 49.4 Å². The summed E-state index contributed by atoms with van der Waals surface area (Å²) >= 11 is 0. The maximum absolute atomic E-state index is 13.0. The quantitative estimate of drug-likeness (QED) is 0.801. The van der Waals surface area contributed by atoms with E-state index in [4.69, 9.17) is 0 Å². The number of halogens is 1. The molecular weight excluding hydrogens is 215 g/mol. The van der Waals surface area contributed by atoms with E-state index in [0.717, 1.165) is 37.0 Å². The minimum Gasteiger partial charge on any atom is -0.299 e. The zero-order valence-corrected chi connectivity index (χ0v) is 10.7. The molecule has 1 saturated heterocycles. The second kappa shape index (κ2) is 5.58. The van der Waals surface area contributed by atoms with E-state index in [1.807, 2.05) is 0 Å². The van der Waals surface area contributed by atoms with Crippen LogP contribution in [0.4, 0.5) is 4.39 Å². The van der Waals surface area contributed by atoms with Gasteiger partial charge < -0.3 is 0 Å². The number of rotatable bonds is 3. The zero-order chi connectivity index (χ0) is 12.3. The molecular formula is C14H21FN2. The summed E-state index contributed by atoms with van der Waals surface area (Å²) < 4.78 is 13.0. The predicted molar refractivity (Wildman–Crippen MR) is 67.0 cm³/mol. The summed E-state index contributed by atoms with van der Waals surface area (Å²) in [6, 6.07) is 1.58. The Balaban J connectivity index is 1.86. The third-order valence-corrected chi connectivity index (χ3v) is 3.74. The summed E-state index contributed by atoms with van der Waals surface area (Å²) in [6.45, 7) is 7.68. The first kappa shape index (κ1) is 12.5. The van der Waals surface area contributed by atoms with Crippen LogP contribution in [0.25, 0.3) is 0 Å². The van der Waals surface area contributed by atoms with Gasteiger partial charge in [0.2, 0.25) is 0 Å². The van der Waals surface area contributed by atoms with E-state index in [0.29, 0.717) is 0 Å². The van der Waals surface area contributed by atoms with Crippen LogP contribution in [0, 0.1) is 17.7 Å². The summed E-state index contributed by atoms with van der Waals surface area (Å²) in [4.78, 5) is 6.29. The van der Waals surface area contributed by atoms with Crippen LogP contribution < -0.4 is 0 Å². The topological polar surface area (TPSA) is 16.1 Å². The van der Waals surface area contributed by atoms with Gasteiger partial charge in [0.05, 0.1) is 6.20 Å². The highest BCUT2D eigenvalue weighted by molar-refractivity contribution is 5.10. The predicted octanol–water partition coefficient (Wildman–Crippen LogP) is 3.09. The van der Waals surface area contributed by atoms with Crippen molar-refractivity contribution in [3.05, 3.63) is 29.8 Å². The molecule has 1 aliphatic heterocycles. The number of hydrogen-bond donors (Lipinski definition) is 0. The van der Waals surface area contributed by atoms with E-state index in [2.05, 4.69) is 23.7 Å². The fourth-order valence-electron chi connectivity index (χ4n) is 2.58. The fourth-order valence-corrected chi connectivity index (χ4v) is 2.58. The summed E-state index contributed by atoms with van der Waals surface area (Å²) in [5.74, 6) is 1.41. The second-order valence-corrected chi connectivity index (χ2v) is 5.37. The number of nitrogens with zero attached hydrogens (tertiary/aromatic N) is 2. The summed E-state index contributed by atoms with van der Waals surface area (Å²) in [6.07, 6.45) is 5.55. The van der Waals surface area contributed by atoms with E-state index in [-0.39, 0.29) is 5.82 Å². The maximum Gasteiger partial charge on any atom is 0.141 e. The van der Waals surface area contributed by atoms with Crippen molar-refractivity contribution in [2.75, 3.05) is 13.1 Å². The van der Waals surface area contributed by atoms with Crippen LogP contribution in [0.2, 0.25) is 0 Å². The number of hydrogen-bond acceptors (Lipinski definition) is 2. The molecule has 0 aromatic carbocycles. The molecule has 0 spiro atoms. The standard InChI is InChI=1S/C14H21FN2/c1-11(2)13-3-5-17(6-4-13)10-12-7-14(15)9-16-8-12/h7-9,11,13H,3-6,10H2,1-2H3. The average Bonchev–Trinajstić information content (AvgIpc) is 2.29. The summed E-state index contributed by atoms with van der Waals surface area (Å²) in [5, 5.41) is 0. The first-order valence-corrected chi connectivity index (χ1v) is 6.47. The molecule has 1 aromatic heterocycles. The minimum absolute atomic E-state index is 0.237. The molecule has 0 unspecified atom stereocenters. The molecule has 0 radical (unpaired) electrons. The van der Waals surface area contributed by atoms with Gasteiger partial charge in [-0.15, -0.1) is 0 Å². The van der Waals surface area contributed by atoms with E-state index in [9.17, 15) is 4.39 Å². The van der Waals surface area contributed by atoms with E-state index in [1.165, 1.54) is 19.0 Å². The first-order valence-electron chi connectivity index (χ1n) is 6.47. The van der Waals surface area contributed by atoms with Gasteiger partial charge in [-0.25, -0.2) is 4.39 Å². The van der Waals surface area contributed by atoms with Crippen LogP contribution in [0.15, 0.2) is 18.5 Å². The Morgan fingerprint density at radius 1 is 1.35 bits per heavy atom. The lowest BCUT2D eigenvalue weighted by molar-refractivity contribution is 0.151. The smallest absolute Gasteiger partial charge is 0.141 e. The van der Waals surface area contributed by atoms with Crippen LogP contribution in [-0.4, -0.2) is 23.0 Å². The third kappa shape index (κ3) is 3.50. The summed E-state index contributed by atoms with van der Waals surface area (Å²) in [5.41, 5.74) is 0.980. The lowest BCUT2D eigenvalue weighted by atomic mass is 9.86. The van der Waals surface area contributed by atoms with Gasteiger partial charge in [0.15, 0.2) is 0 Å². The Bertz CT molecular complexity index is 357. The van der Waals surface area contributed by atoms with Gasteiger partial charge in [0.25, 0.3) is 0 Å². The van der Waals surface area contributed by atoms with Crippen molar-refractivity contribution in [2.24, 2.45) is 11.8 Å². The normalized spacial score (nSPS) is 18.8. The van der Waals surface area contributed by atoms with Crippen LogP contribution in [0.3, 0.4) is 0 Å². The van der Waals surface area contributed by atoms with Gasteiger partial charge in [0, 0.05) is 12.7 Å². The molecule has 2 rings (SSSR count). The largest absolute Gasteiger partial charge is 0.299 e. The average molecular weight is 236 g/mol. The molecule has 0 bridgehead atoms. The molecule has 2 heterocycles. The Morgan fingerprint density at radius 2 is 2.06 bits per heavy atom. The van der Waals surface area contributed by atoms with Crippen molar-refractivity contribution in [2.45, 2.75) is 33.2 Å². The summed E-state index contributed by atoms with van der Waals surface area (Å²) in [7, 11) is 0. The third-order valence-electron chi connectivity index (χ3n) is 3.74. The van der Waals surface area contributed by atoms with Crippen molar-refractivity contribution >= 4 is 0 Å². The van der Waals surface area contributed by atoms with Gasteiger partial charge in [0.1, 0.15) is 5.82 Å². The highest BCUT2D eigenvalue weighted by atomic mass is 19.1. The SMILES string of the molecule is CC(C)C1CCN(Cc2cncc(F)c2)CC1. The van der Waals surface area contributed by atoms with Crippen LogP contribution in [-0.2, 0) is 6.54 Å². The molecule has 0 atom stereocenters. The Morgan fingerprint density at radius 3 is 2.65 bits per heavy atom. The lowest BCUT2D eigenvalue weighted by Crippen LogP contribution is -2.34. The number of pyridine rings is 1. The molecule has 0 N–H and O–H groups in total. The second-order valence-electron chi connectivity index (χ2n) is 5.37. The van der Waals surface area contributed by atoms with Crippen LogP contribution in [0.5, 0.6) is 0 Å². The zero-order valence-electron chi connectivity index (χ0n) is 10.7. The van der Waals surface area contributed by atoms with Gasteiger partial charge in [-0.1, -0.05) is 13.8 Å². The van der Waals surface area contributed by atoms with Crippen LogP contribution in [0.1, 0.15) is 32.3 Å². The highest BCUT2D eigenvalue weighted by Crippen LogP contribution is 2.25. The maximum atomic E-state index is 13.0. The van der Waals surface area contributed by atoms with Crippen molar-refractivity contribution in [1.29, 1.82) is 0 Å². The molecule has 1 aromatic rings. The number of likely N-dealkylation sites (tertiary alicyclic amines) is 1. The molecule has 17 heavy (non-hydrogen) atoms. The Labute approximate surface area is 103 Å². The molecule has 94 valence electrons. The minimum atomic E-state index is -0.237. The van der Waals surface area contributed by atoms with Crippen molar-refractivity contribution in [3.63, 3.8) is 0 Å². The van der Waals surface area contributed by atoms with Crippen molar-refractivity contribution in [3.8, 4) is 0 Å². The van der Waals surface area contributed by atoms with Gasteiger partial charge in [-0.2, -0.15) is 0 Å². The molecule has 1 fully saturated rings. The van der Waals surface area contributed by atoms with Crippen LogP contribution >= 0.6 is 0 Å². The molecule has 2 nitrogen and oxygen atoms in total. The molecule has 0 aliphatic carbocycles. The van der Waals surface area contributed by atoms with Gasteiger partial charge >= 0.3 is 0 Å². The van der Waals surface area contributed by atoms with E-state index < -0.39 is 0 Å². The van der Waals surface area contributed by atoms with E-state index >= 15 is 0 Å².